The molecule has 0 atom stereocenters. The van der Waals surface area contributed by atoms with E-state index in [9.17, 15) is 4.39 Å². The molecule has 0 unspecified atom stereocenters. The van der Waals surface area contributed by atoms with Gasteiger partial charge >= 0.3 is 0 Å². The highest BCUT2D eigenvalue weighted by Gasteiger charge is 2.02. The van der Waals surface area contributed by atoms with Gasteiger partial charge in [-0.3, -0.25) is 4.98 Å². The summed E-state index contributed by atoms with van der Waals surface area (Å²) in [5.41, 5.74) is 1.29. The van der Waals surface area contributed by atoms with Gasteiger partial charge in [-0.1, -0.05) is 24.3 Å². The minimum Gasteiger partial charge on any atom is -0.262 e. The van der Waals surface area contributed by atoms with Crippen LogP contribution in [0, 0.1) is 11.9 Å². The maximum atomic E-state index is 13.2. The smallest absolute Gasteiger partial charge is 0.149 e. The van der Waals surface area contributed by atoms with Crippen LogP contribution in [0.5, 0.6) is 0 Å². The van der Waals surface area contributed by atoms with Gasteiger partial charge in [-0.25, -0.2) is 4.39 Å². The van der Waals surface area contributed by atoms with Crippen LogP contribution in [0.1, 0.15) is 0 Å². The maximum Gasteiger partial charge on any atom is 0.149 e. The summed E-state index contributed by atoms with van der Waals surface area (Å²) >= 11 is 0. The van der Waals surface area contributed by atoms with E-state index in [4.69, 9.17) is 0 Å². The van der Waals surface area contributed by atoms with Gasteiger partial charge in [0.1, 0.15) is 5.82 Å². The van der Waals surface area contributed by atoms with E-state index in [0.717, 1.165) is 5.56 Å². The quantitative estimate of drug-likeness (QED) is 0.644. The fourth-order valence-corrected chi connectivity index (χ4v) is 1.15. The fraction of sp³-hybridized carbons (Fsp3) is 0. The predicted molar refractivity (Wildman–Crippen MR) is 48.5 cm³/mol. The first-order valence-corrected chi connectivity index (χ1v) is 3.94. The highest BCUT2D eigenvalue weighted by atomic mass is 19.1. The van der Waals surface area contributed by atoms with E-state index >= 15 is 0 Å². The summed E-state index contributed by atoms with van der Waals surface area (Å²) < 4.78 is 13.2. The third-order valence-electron chi connectivity index (χ3n) is 1.77. The van der Waals surface area contributed by atoms with Crippen LogP contribution in [-0.2, 0) is 0 Å². The normalized spacial score (nSPS) is 9.92. The SMILES string of the molecule is Fc1cnccc1-c1[c]cccc1. The minimum absolute atomic E-state index is 0.315. The molecule has 0 aliphatic heterocycles. The topological polar surface area (TPSA) is 12.9 Å². The number of hydrogen-bond acceptors (Lipinski definition) is 1. The molecule has 0 saturated heterocycles. The Morgan fingerprint density at radius 3 is 2.85 bits per heavy atom. The second-order valence-corrected chi connectivity index (χ2v) is 2.63. The molecule has 0 aliphatic rings. The molecule has 1 aromatic carbocycles. The van der Waals surface area contributed by atoms with Crippen LogP contribution in [0.3, 0.4) is 0 Å². The first-order valence-electron chi connectivity index (χ1n) is 3.94. The second-order valence-electron chi connectivity index (χ2n) is 2.63. The van der Waals surface area contributed by atoms with E-state index in [0.29, 0.717) is 5.56 Å². The number of hydrogen-bond donors (Lipinski definition) is 0. The lowest BCUT2D eigenvalue weighted by Crippen LogP contribution is -1.84. The molecule has 0 bridgehead atoms. The van der Waals surface area contributed by atoms with Crippen molar-refractivity contribution in [3.05, 3.63) is 54.6 Å². The summed E-state index contributed by atoms with van der Waals surface area (Å²) in [5.74, 6) is -0.315. The van der Waals surface area contributed by atoms with Crippen molar-refractivity contribution in [2.75, 3.05) is 0 Å². The van der Waals surface area contributed by atoms with Crippen LogP contribution >= 0.6 is 0 Å². The minimum atomic E-state index is -0.315. The number of aromatic nitrogens is 1. The summed E-state index contributed by atoms with van der Waals surface area (Å²) in [4.78, 5) is 3.68. The van der Waals surface area contributed by atoms with Gasteiger partial charge in [-0.15, -0.1) is 0 Å². The molecule has 0 N–H and O–H groups in total. The maximum absolute atomic E-state index is 13.2. The van der Waals surface area contributed by atoms with Crippen molar-refractivity contribution < 1.29 is 4.39 Å². The molecule has 0 spiro atoms. The van der Waals surface area contributed by atoms with Crippen molar-refractivity contribution in [2.24, 2.45) is 0 Å². The van der Waals surface area contributed by atoms with E-state index in [1.165, 1.54) is 6.20 Å². The van der Waals surface area contributed by atoms with Gasteiger partial charge < -0.3 is 0 Å². The van der Waals surface area contributed by atoms with Gasteiger partial charge in [0, 0.05) is 11.8 Å². The van der Waals surface area contributed by atoms with Crippen LogP contribution in [-0.4, -0.2) is 4.98 Å². The van der Waals surface area contributed by atoms with E-state index < -0.39 is 0 Å². The van der Waals surface area contributed by atoms with Crippen molar-refractivity contribution >= 4 is 0 Å². The van der Waals surface area contributed by atoms with Crippen LogP contribution in [0.25, 0.3) is 11.1 Å². The van der Waals surface area contributed by atoms with E-state index in [1.54, 1.807) is 18.3 Å². The molecule has 2 heteroatoms. The Morgan fingerprint density at radius 2 is 2.15 bits per heavy atom. The molecule has 1 radical (unpaired) electrons. The monoisotopic (exact) mass is 172 g/mol. The molecule has 1 heterocycles. The number of halogens is 1. The Morgan fingerprint density at radius 1 is 1.23 bits per heavy atom. The average Bonchev–Trinajstić information content (AvgIpc) is 2.20. The van der Waals surface area contributed by atoms with Gasteiger partial charge in [0.05, 0.1) is 6.20 Å². The van der Waals surface area contributed by atoms with Gasteiger partial charge in [-0.2, -0.15) is 0 Å². The van der Waals surface area contributed by atoms with Crippen molar-refractivity contribution in [3.8, 4) is 11.1 Å². The van der Waals surface area contributed by atoms with Crippen LogP contribution in [0.4, 0.5) is 4.39 Å². The molecule has 0 aliphatic carbocycles. The zero-order valence-corrected chi connectivity index (χ0v) is 6.87. The molecular weight excluding hydrogens is 165 g/mol. The fourth-order valence-electron chi connectivity index (χ4n) is 1.15. The molecule has 2 rings (SSSR count). The van der Waals surface area contributed by atoms with Gasteiger partial charge in [0.2, 0.25) is 0 Å². The second kappa shape index (κ2) is 3.35. The van der Waals surface area contributed by atoms with Gasteiger partial charge in [-0.05, 0) is 17.7 Å². The summed E-state index contributed by atoms with van der Waals surface area (Å²) in [7, 11) is 0. The summed E-state index contributed by atoms with van der Waals surface area (Å²) in [6, 6.07) is 11.9. The Hall–Kier alpha value is -1.70. The standard InChI is InChI=1S/C11H7FN/c12-11-8-13-7-6-10(11)9-4-2-1-3-5-9/h1-4,6-8H. The summed E-state index contributed by atoms with van der Waals surface area (Å²) in [5, 5.41) is 0. The predicted octanol–water partition coefficient (Wildman–Crippen LogP) is 2.69. The Kier molecular flexibility index (Phi) is 2.04. The number of pyridine rings is 1. The average molecular weight is 172 g/mol. The van der Waals surface area contributed by atoms with Gasteiger partial charge in [0.15, 0.2) is 0 Å². The highest BCUT2D eigenvalue weighted by molar-refractivity contribution is 5.62. The number of rotatable bonds is 1. The molecule has 2 aromatic rings. The molecule has 0 amide bonds. The molecule has 0 fully saturated rings. The lowest BCUT2D eigenvalue weighted by molar-refractivity contribution is 0.625. The molecule has 0 saturated carbocycles. The van der Waals surface area contributed by atoms with Crippen LogP contribution < -0.4 is 0 Å². The molecule has 1 aromatic heterocycles. The largest absolute Gasteiger partial charge is 0.262 e. The van der Waals surface area contributed by atoms with Gasteiger partial charge in [0.25, 0.3) is 0 Å². The van der Waals surface area contributed by atoms with E-state index in [1.807, 2.05) is 18.2 Å². The zero-order valence-electron chi connectivity index (χ0n) is 6.87. The number of nitrogens with zero attached hydrogens (tertiary/aromatic N) is 1. The lowest BCUT2D eigenvalue weighted by atomic mass is 10.1. The zero-order chi connectivity index (χ0) is 9.10. The van der Waals surface area contributed by atoms with E-state index in [2.05, 4.69) is 11.1 Å². The van der Waals surface area contributed by atoms with Crippen molar-refractivity contribution in [1.29, 1.82) is 0 Å². The number of benzene rings is 1. The van der Waals surface area contributed by atoms with Crippen molar-refractivity contribution in [1.82, 2.24) is 4.98 Å². The highest BCUT2D eigenvalue weighted by Crippen LogP contribution is 2.19. The van der Waals surface area contributed by atoms with Crippen LogP contribution in [0.2, 0.25) is 0 Å². The Labute approximate surface area is 75.9 Å². The molecule has 63 valence electrons. The molecule has 1 nitrogen and oxygen atoms in total. The summed E-state index contributed by atoms with van der Waals surface area (Å²) in [6.45, 7) is 0. The van der Waals surface area contributed by atoms with E-state index in [-0.39, 0.29) is 5.82 Å². The molecule has 13 heavy (non-hydrogen) atoms. The first kappa shape index (κ1) is 7.92. The van der Waals surface area contributed by atoms with Crippen molar-refractivity contribution in [2.45, 2.75) is 0 Å². The Bertz CT molecular complexity index is 398. The lowest BCUT2D eigenvalue weighted by Gasteiger charge is -2.00. The van der Waals surface area contributed by atoms with Crippen molar-refractivity contribution in [3.63, 3.8) is 0 Å². The third-order valence-corrected chi connectivity index (χ3v) is 1.77. The van der Waals surface area contributed by atoms with Crippen LogP contribution in [0.15, 0.2) is 42.7 Å². The first-order chi connectivity index (χ1) is 6.38. The Balaban J connectivity index is 2.54. The summed E-state index contributed by atoms with van der Waals surface area (Å²) in [6.07, 6.45) is 2.77. The third kappa shape index (κ3) is 1.56. The molecular formula is C11H7FN.